The Morgan fingerprint density at radius 2 is 2.22 bits per heavy atom. The second-order valence-corrected chi connectivity index (χ2v) is 3.23. The predicted octanol–water partition coefficient (Wildman–Crippen LogP) is 1.82. The number of rotatable bonds is 1. The van der Waals surface area contributed by atoms with Gasteiger partial charge in [0.15, 0.2) is 0 Å². The quantitative estimate of drug-likeness (QED) is 0.634. The van der Waals surface area contributed by atoms with Crippen LogP contribution in [0.1, 0.15) is 16.0 Å². The maximum atomic E-state index is 5.47. The van der Waals surface area contributed by atoms with E-state index in [4.69, 9.17) is 5.73 Å². The zero-order valence-electron chi connectivity index (χ0n) is 5.77. The monoisotopic (exact) mass is 141 g/mol. The van der Waals surface area contributed by atoms with Crippen molar-refractivity contribution in [1.29, 1.82) is 0 Å². The Hall–Kier alpha value is -0.340. The highest BCUT2D eigenvalue weighted by Crippen LogP contribution is 2.19. The van der Waals surface area contributed by atoms with Crippen LogP contribution in [0.4, 0.5) is 0 Å². The Bertz CT molecular complexity index is 203. The van der Waals surface area contributed by atoms with Gasteiger partial charge in [-0.05, 0) is 30.4 Å². The van der Waals surface area contributed by atoms with Crippen molar-refractivity contribution in [2.24, 2.45) is 5.73 Å². The third kappa shape index (κ3) is 1.14. The van der Waals surface area contributed by atoms with E-state index in [0.29, 0.717) is 6.54 Å². The van der Waals surface area contributed by atoms with Gasteiger partial charge in [-0.1, -0.05) is 0 Å². The van der Waals surface area contributed by atoms with Crippen molar-refractivity contribution in [2.45, 2.75) is 20.4 Å². The van der Waals surface area contributed by atoms with Crippen molar-refractivity contribution in [3.05, 3.63) is 21.4 Å². The highest BCUT2D eigenvalue weighted by molar-refractivity contribution is 7.10. The molecule has 1 aromatic rings. The summed E-state index contributed by atoms with van der Waals surface area (Å²) in [5.74, 6) is 0. The van der Waals surface area contributed by atoms with Gasteiger partial charge in [-0.2, -0.15) is 0 Å². The van der Waals surface area contributed by atoms with E-state index >= 15 is 0 Å². The van der Waals surface area contributed by atoms with Crippen LogP contribution >= 0.6 is 11.3 Å². The molecule has 2 heteroatoms. The fourth-order valence-electron chi connectivity index (χ4n) is 0.764. The molecular weight excluding hydrogens is 130 g/mol. The van der Waals surface area contributed by atoms with Crippen LogP contribution in [0.2, 0.25) is 0 Å². The minimum atomic E-state index is 0.677. The Morgan fingerprint density at radius 3 is 2.44 bits per heavy atom. The van der Waals surface area contributed by atoms with E-state index in [9.17, 15) is 0 Å². The molecule has 1 nitrogen and oxygen atoms in total. The summed E-state index contributed by atoms with van der Waals surface area (Å²) >= 11 is 1.78. The summed E-state index contributed by atoms with van der Waals surface area (Å²) in [7, 11) is 0. The normalized spacial score (nSPS) is 10.1. The van der Waals surface area contributed by atoms with Gasteiger partial charge in [-0.25, -0.2) is 0 Å². The summed E-state index contributed by atoms with van der Waals surface area (Å²) in [4.78, 5) is 1.38. The summed E-state index contributed by atoms with van der Waals surface area (Å²) in [5.41, 5.74) is 8.12. The molecule has 0 saturated heterocycles. The van der Waals surface area contributed by atoms with Crippen LogP contribution in [0.15, 0.2) is 5.38 Å². The summed E-state index contributed by atoms with van der Waals surface area (Å²) in [5, 5.41) is 2.13. The molecule has 0 aromatic carbocycles. The van der Waals surface area contributed by atoms with Crippen molar-refractivity contribution < 1.29 is 0 Å². The molecular formula is C7H11NS. The topological polar surface area (TPSA) is 26.0 Å². The summed E-state index contributed by atoms with van der Waals surface area (Å²) in [6, 6.07) is 0. The van der Waals surface area contributed by atoms with E-state index < -0.39 is 0 Å². The third-order valence-electron chi connectivity index (χ3n) is 1.61. The van der Waals surface area contributed by atoms with Gasteiger partial charge in [0, 0.05) is 11.4 Å². The number of hydrogen-bond acceptors (Lipinski definition) is 2. The lowest BCUT2D eigenvalue weighted by atomic mass is 10.2. The fourth-order valence-corrected chi connectivity index (χ4v) is 1.66. The molecule has 9 heavy (non-hydrogen) atoms. The average Bonchev–Trinajstić information content (AvgIpc) is 2.15. The first kappa shape index (κ1) is 6.78. The minimum absolute atomic E-state index is 0.677. The third-order valence-corrected chi connectivity index (χ3v) is 2.67. The Morgan fingerprint density at radius 1 is 1.56 bits per heavy atom. The zero-order valence-corrected chi connectivity index (χ0v) is 6.59. The molecule has 0 amide bonds. The molecule has 0 aliphatic carbocycles. The number of aryl methyl sites for hydroxylation is 1. The number of hydrogen-bond donors (Lipinski definition) is 1. The van der Waals surface area contributed by atoms with Crippen molar-refractivity contribution in [3.8, 4) is 0 Å². The minimum Gasteiger partial charge on any atom is -0.326 e. The van der Waals surface area contributed by atoms with Crippen LogP contribution in [-0.2, 0) is 6.54 Å². The van der Waals surface area contributed by atoms with Gasteiger partial charge in [0.2, 0.25) is 0 Å². The van der Waals surface area contributed by atoms with Crippen molar-refractivity contribution >= 4 is 11.3 Å². The van der Waals surface area contributed by atoms with Gasteiger partial charge in [0.1, 0.15) is 0 Å². The lowest BCUT2D eigenvalue weighted by Gasteiger charge is -1.91. The number of nitrogens with two attached hydrogens (primary N) is 1. The molecule has 0 radical (unpaired) electrons. The van der Waals surface area contributed by atoms with E-state index in [-0.39, 0.29) is 0 Å². The maximum absolute atomic E-state index is 5.47. The SMILES string of the molecule is Cc1scc(CN)c1C. The summed E-state index contributed by atoms with van der Waals surface area (Å²) in [6.07, 6.45) is 0. The van der Waals surface area contributed by atoms with Crippen molar-refractivity contribution in [3.63, 3.8) is 0 Å². The second-order valence-electron chi connectivity index (χ2n) is 2.15. The largest absolute Gasteiger partial charge is 0.326 e. The smallest absolute Gasteiger partial charge is 0.0189 e. The molecule has 0 spiro atoms. The average molecular weight is 141 g/mol. The van der Waals surface area contributed by atoms with E-state index in [1.165, 1.54) is 16.0 Å². The van der Waals surface area contributed by atoms with Gasteiger partial charge in [-0.15, -0.1) is 11.3 Å². The van der Waals surface area contributed by atoms with Crippen LogP contribution in [0.5, 0.6) is 0 Å². The molecule has 0 unspecified atom stereocenters. The van der Waals surface area contributed by atoms with Crippen molar-refractivity contribution in [1.82, 2.24) is 0 Å². The van der Waals surface area contributed by atoms with Crippen molar-refractivity contribution in [2.75, 3.05) is 0 Å². The lowest BCUT2D eigenvalue weighted by Crippen LogP contribution is -1.95. The first-order chi connectivity index (χ1) is 4.25. The first-order valence-corrected chi connectivity index (χ1v) is 3.87. The molecule has 50 valence electrons. The summed E-state index contributed by atoms with van der Waals surface area (Å²) < 4.78 is 0. The lowest BCUT2D eigenvalue weighted by molar-refractivity contribution is 1.06. The standard InChI is InChI=1S/C7H11NS/c1-5-6(2)9-4-7(5)3-8/h4H,3,8H2,1-2H3. The molecule has 0 aliphatic heterocycles. The Balaban J connectivity index is 3.04. The molecule has 2 N–H and O–H groups in total. The van der Waals surface area contributed by atoms with Gasteiger partial charge in [-0.3, -0.25) is 0 Å². The maximum Gasteiger partial charge on any atom is 0.0189 e. The van der Waals surface area contributed by atoms with Gasteiger partial charge >= 0.3 is 0 Å². The molecule has 0 bridgehead atoms. The fraction of sp³-hybridized carbons (Fsp3) is 0.429. The second kappa shape index (κ2) is 2.50. The molecule has 1 heterocycles. The molecule has 0 saturated carbocycles. The highest BCUT2D eigenvalue weighted by atomic mass is 32.1. The molecule has 0 fully saturated rings. The Labute approximate surface area is 59.5 Å². The van der Waals surface area contributed by atoms with E-state index in [1.54, 1.807) is 11.3 Å². The van der Waals surface area contributed by atoms with Crippen LogP contribution in [0, 0.1) is 13.8 Å². The number of thiophene rings is 1. The molecule has 1 rings (SSSR count). The van der Waals surface area contributed by atoms with E-state index in [1.807, 2.05) is 0 Å². The van der Waals surface area contributed by atoms with E-state index in [0.717, 1.165) is 0 Å². The zero-order chi connectivity index (χ0) is 6.85. The summed E-state index contributed by atoms with van der Waals surface area (Å²) in [6.45, 7) is 4.92. The molecule has 0 aliphatic rings. The van der Waals surface area contributed by atoms with Crippen LogP contribution in [0.3, 0.4) is 0 Å². The highest BCUT2D eigenvalue weighted by Gasteiger charge is 1.99. The van der Waals surface area contributed by atoms with Crippen LogP contribution in [-0.4, -0.2) is 0 Å². The molecule has 1 aromatic heterocycles. The van der Waals surface area contributed by atoms with Gasteiger partial charge in [0.05, 0.1) is 0 Å². The van der Waals surface area contributed by atoms with Gasteiger partial charge < -0.3 is 5.73 Å². The predicted molar refractivity (Wildman–Crippen MR) is 41.7 cm³/mol. The van der Waals surface area contributed by atoms with E-state index in [2.05, 4.69) is 19.2 Å². The Kier molecular flexibility index (Phi) is 1.88. The first-order valence-electron chi connectivity index (χ1n) is 2.99. The van der Waals surface area contributed by atoms with Gasteiger partial charge in [0.25, 0.3) is 0 Å². The van der Waals surface area contributed by atoms with Crippen LogP contribution < -0.4 is 5.73 Å². The van der Waals surface area contributed by atoms with Crippen LogP contribution in [0.25, 0.3) is 0 Å². The molecule has 0 atom stereocenters.